The third-order valence-electron chi connectivity index (χ3n) is 7.47. The van der Waals surface area contributed by atoms with Gasteiger partial charge in [-0.05, 0) is 86.1 Å². The van der Waals surface area contributed by atoms with Gasteiger partial charge in [0.15, 0.2) is 5.78 Å². The summed E-state index contributed by atoms with van der Waals surface area (Å²) in [5.74, 6) is 0.277. The summed E-state index contributed by atoms with van der Waals surface area (Å²) in [6.45, 7) is 20.0. The van der Waals surface area contributed by atoms with Crippen molar-refractivity contribution in [3.8, 4) is 0 Å². The number of rotatable bonds is 10. The molecule has 0 aliphatic heterocycles. The number of aliphatic hydroxyl groups is 2. The van der Waals surface area contributed by atoms with E-state index in [-0.39, 0.29) is 17.5 Å². The van der Waals surface area contributed by atoms with Crippen LogP contribution in [0.2, 0.25) is 0 Å². The second-order valence-electron chi connectivity index (χ2n) is 11.4. The van der Waals surface area contributed by atoms with Gasteiger partial charge in [0.05, 0.1) is 17.4 Å². The van der Waals surface area contributed by atoms with Gasteiger partial charge in [-0.25, -0.2) is 0 Å². The van der Waals surface area contributed by atoms with Gasteiger partial charge in [-0.15, -0.1) is 5.73 Å². The topological polar surface area (TPSA) is 73.3 Å². The molecule has 4 heteroatoms. The number of carbonyl (C=O) groups excluding carboxylic acids is 1. The highest BCUT2D eigenvalue weighted by atomic mass is 16.3. The van der Waals surface area contributed by atoms with Crippen LogP contribution in [0, 0.1) is 6.92 Å². The van der Waals surface area contributed by atoms with Crippen LogP contribution < -0.4 is 0 Å². The van der Waals surface area contributed by atoms with Crippen LogP contribution in [-0.2, 0) is 11.2 Å². The predicted octanol–water partition coefficient (Wildman–Crippen LogP) is 11.7. The maximum absolute atomic E-state index is 11.6. The molecule has 0 saturated heterocycles. The molecule has 1 heterocycles. The van der Waals surface area contributed by atoms with Gasteiger partial charge in [-0.3, -0.25) is 4.79 Å². The summed E-state index contributed by atoms with van der Waals surface area (Å²) in [5.41, 5.74) is 11.5. The first-order chi connectivity index (χ1) is 22.6. The number of aliphatic hydroxyl groups excluding tert-OH is 2. The van der Waals surface area contributed by atoms with Crippen LogP contribution in [0.3, 0.4) is 0 Å². The van der Waals surface area contributed by atoms with Gasteiger partial charge in [0.1, 0.15) is 0 Å². The lowest BCUT2D eigenvalue weighted by molar-refractivity contribution is -0.115. The lowest BCUT2D eigenvalue weighted by atomic mass is 9.83. The standard InChI is InChI=1S/C25H29NO2.C13H16O.C3H8.C2H6/c1-5-19-11-13-20(14-12-19)24(22(18(4)28)15-10-16(2)27)25-17(3)21-8-6-7-9-23(21)26-25;1-3-7-13(14)12-9-6-5-8-11(4-2)10-12;1-3-2;1-2/h6-15,18,24,26-28H,5H2,1-4H3;5-6,8-9H,3-4,7H2,1-2H3;3H2,1-2H3;1-2H3/b16-10-,22-15+;;;. The van der Waals surface area contributed by atoms with Crippen LogP contribution >= 0.6 is 0 Å². The number of allylic oxidation sites excluding steroid dienone is 8. The van der Waals surface area contributed by atoms with Crippen molar-refractivity contribution in [1.29, 1.82) is 0 Å². The fourth-order valence-electron chi connectivity index (χ4n) is 5.07. The number of nitrogens with one attached hydrogen (secondary N) is 1. The number of hydrogen-bond acceptors (Lipinski definition) is 3. The number of fused-ring (bicyclic) bond motifs is 1. The van der Waals surface area contributed by atoms with E-state index in [0.717, 1.165) is 47.2 Å². The quantitative estimate of drug-likeness (QED) is 0.118. The molecule has 0 saturated carbocycles. The Balaban J connectivity index is 0.000000487. The monoisotopic (exact) mass is 637 g/mol. The number of aryl methyl sites for hydroxylation is 2. The molecule has 1 aliphatic rings. The number of ketones is 1. The van der Waals surface area contributed by atoms with Crippen molar-refractivity contribution < 1.29 is 15.0 Å². The van der Waals surface area contributed by atoms with Crippen LogP contribution in [-0.4, -0.2) is 27.1 Å². The number of benzene rings is 2. The zero-order chi connectivity index (χ0) is 35.4. The van der Waals surface area contributed by atoms with E-state index in [4.69, 9.17) is 0 Å². The molecule has 2 unspecified atom stereocenters. The molecule has 254 valence electrons. The van der Waals surface area contributed by atoms with Crippen LogP contribution in [0.15, 0.2) is 113 Å². The fraction of sp³-hybridized carbons (Fsp3) is 0.395. The summed E-state index contributed by atoms with van der Waals surface area (Å²) in [4.78, 5) is 15.2. The molecular weight excluding hydrogens is 578 g/mol. The van der Waals surface area contributed by atoms with Crippen LogP contribution in [0.4, 0.5) is 0 Å². The number of hydrogen-bond donors (Lipinski definition) is 3. The molecule has 47 heavy (non-hydrogen) atoms. The molecule has 4 nitrogen and oxygen atoms in total. The number of Topliss-reactive ketones (excluding diaryl/α,β-unsaturated/α-hetero) is 1. The number of carbonyl (C=O) groups is 1. The van der Waals surface area contributed by atoms with E-state index < -0.39 is 6.10 Å². The van der Waals surface area contributed by atoms with E-state index in [2.05, 4.69) is 81.7 Å². The van der Waals surface area contributed by atoms with Crippen LogP contribution in [0.25, 0.3) is 10.9 Å². The van der Waals surface area contributed by atoms with E-state index in [1.165, 1.54) is 22.9 Å². The van der Waals surface area contributed by atoms with Gasteiger partial charge < -0.3 is 15.2 Å². The average Bonchev–Trinajstić information content (AvgIpc) is 3.23. The van der Waals surface area contributed by atoms with Crippen molar-refractivity contribution >= 4 is 16.7 Å². The summed E-state index contributed by atoms with van der Waals surface area (Å²) in [6, 6.07) is 16.8. The van der Waals surface area contributed by atoms with Gasteiger partial charge >= 0.3 is 0 Å². The third-order valence-corrected chi connectivity index (χ3v) is 7.47. The molecule has 0 fully saturated rings. The van der Waals surface area contributed by atoms with Crippen molar-refractivity contribution in [3.63, 3.8) is 0 Å². The lowest BCUT2D eigenvalue weighted by Crippen LogP contribution is -2.16. The number of aromatic nitrogens is 1. The molecule has 1 aromatic heterocycles. The minimum Gasteiger partial charge on any atom is -0.513 e. The molecule has 2 aromatic carbocycles. The van der Waals surface area contributed by atoms with E-state index in [1.54, 1.807) is 19.9 Å². The van der Waals surface area contributed by atoms with Crippen LogP contribution in [0.1, 0.15) is 116 Å². The highest BCUT2D eigenvalue weighted by Gasteiger charge is 2.26. The van der Waals surface area contributed by atoms with E-state index in [0.29, 0.717) is 12.0 Å². The minimum absolute atomic E-state index is 0.131. The minimum atomic E-state index is -0.655. The highest BCUT2D eigenvalue weighted by Crippen LogP contribution is 2.38. The first-order valence-corrected chi connectivity index (χ1v) is 17.4. The van der Waals surface area contributed by atoms with Crippen molar-refractivity contribution in [2.45, 2.75) is 113 Å². The summed E-state index contributed by atoms with van der Waals surface area (Å²) in [6.07, 6.45) is 15.2. The summed E-state index contributed by atoms with van der Waals surface area (Å²) in [7, 11) is 0. The van der Waals surface area contributed by atoms with Gasteiger partial charge in [-0.1, -0.05) is 122 Å². The molecule has 0 amide bonds. The maximum Gasteiger partial charge on any atom is 0.170 e. The molecule has 3 aromatic rings. The van der Waals surface area contributed by atoms with E-state index in [1.807, 2.05) is 63.3 Å². The Labute approximate surface area is 285 Å². The van der Waals surface area contributed by atoms with Gasteiger partial charge in [0, 0.05) is 28.9 Å². The molecule has 2 atom stereocenters. The zero-order valence-corrected chi connectivity index (χ0v) is 30.6. The molecule has 0 radical (unpaired) electrons. The Morgan fingerprint density at radius 3 is 2.06 bits per heavy atom. The van der Waals surface area contributed by atoms with Crippen LogP contribution in [0.5, 0.6) is 0 Å². The van der Waals surface area contributed by atoms with Crippen molar-refractivity contribution in [3.05, 3.63) is 136 Å². The molecular formula is C43H59NO3. The summed E-state index contributed by atoms with van der Waals surface area (Å²) >= 11 is 0. The molecule has 0 bridgehead atoms. The Morgan fingerprint density at radius 1 is 0.915 bits per heavy atom. The van der Waals surface area contributed by atoms with Crippen molar-refractivity contribution in [2.75, 3.05) is 0 Å². The summed E-state index contributed by atoms with van der Waals surface area (Å²) in [5, 5.41) is 21.4. The van der Waals surface area contributed by atoms with Gasteiger partial charge in [0.2, 0.25) is 0 Å². The lowest BCUT2D eigenvalue weighted by Gasteiger charge is -2.24. The van der Waals surface area contributed by atoms with Gasteiger partial charge in [-0.2, -0.15) is 0 Å². The SMILES string of the molecule is CC.CCC.CCCC(=O)C1=C=C(CC)C=CC=C1.CCc1ccc(C(/C(=C/C=C(/C)O)C(C)O)c2[nH]c3ccccc3c2C)cc1. The fourth-order valence-corrected chi connectivity index (χ4v) is 5.07. The van der Waals surface area contributed by atoms with Gasteiger partial charge in [0.25, 0.3) is 0 Å². The smallest absolute Gasteiger partial charge is 0.170 e. The second-order valence-corrected chi connectivity index (χ2v) is 11.4. The Bertz CT molecular complexity index is 1560. The maximum atomic E-state index is 11.6. The second kappa shape index (κ2) is 22.4. The molecule has 0 spiro atoms. The zero-order valence-electron chi connectivity index (χ0n) is 30.6. The predicted molar refractivity (Wildman–Crippen MR) is 203 cm³/mol. The number of aromatic amines is 1. The Kier molecular flexibility index (Phi) is 19.5. The average molecular weight is 638 g/mol. The number of H-pyrrole nitrogens is 1. The van der Waals surface area contributed by atoms with E-state index in [9.17, 15) is 15.0 Å². The Hall–Kier alpha value is -4.11. The van der Waals surface area contributed by atoms with E-state index >= 15 is 0 Å². The molecule has 4 rings (SSSR count). The first kappa shape index (κ1) is 40.9. The number of para-hydroxylation sites is 1. The van der Waals surface area contributed by atoms with Crippen molar-refractivity contribution in [1.82, 2.24) is 4.98 Å². The highest BCUT2D eigenvalue weighted by molar-refractivity contribution is 5.98. The normalized spacial score (nSPS) is 13.9. The third kappa shape index (κ3) is 12.9. The molecule has 1 aliphatic carbocycles. The summed E-state index contributed by atoms with van der Waals surface area (Å²) < 4.78 is 0. The first-order valence-electron chi connectivity index (χ1n) is 17.4. The van der Waals surface area contributed by atoms with Crippen molar-refractivity contribution in [2.24, 2.45) is 0 Å². The molecule has 3 N–H and O–H groups in total. The Morgan fingerprint density at radius 2 is 1.53 bits per heavy atom. The largest absolute Gasteiger partial charge is 0.513 e.